The summed E-state index contributed by atoms with van der Waals surface area (Å²) in [6.07, 6.45) is 0.560. The molecule has 0 saturated heterocycles. The zero-order chi connectivity index (χ0) is 33.0. The molecule has 1 heterocycles. The number of nitrogens with one attached hydrogen (secondary N) is 4. The lowest BCUT2D eigenvalue weighted by Crippen LogP contribution is -2.51. The number of amides is 3. The third-order valence-corrected chi connectivity index (χ3v) is 6.48. The molecule has 1 aromatic heterocycles. The SMILES string of the molecule is CC(C)(CNC(=O)c1ccc(-c2ccccc2C#N)nc1NCCc1cccc(F)c1)NC(=O)CCCNC(=O)OC(C)(C)C. The zero-order valence-corrected chi connectivity index (χ0v) is 26.4. The van der Waals surface area contributed by atoms with Crippen LogP contribution in [-0.4, -0.2) is 53.7 Å². The Morgan fingerprint density at radius 3 is 2.42 bits per heavy atom. The van der Waals surface area contributed by atoms with Crippen molar-refractivity contribution in [2.45, 2.75) is 65.0 Å². The summed E-state index contributed by atoms with van der Waals surface area (Å²) in [6, 6.07) is 18.8. The van der Waals surface area contributed by atoms with Crippen LogP contribution in [0.5, 0.6) is 0 Å². The van der Waals surface area contributed by atoms with Gasteiger partial charge in [-0.2, -0.15) is 5.26 Å². The number of halogens is 1. The first-order valence-corrected chi connectivity index (χ1v) is 14.8. The van der Waals surface area contributed by atoms with E-state index in [1.54, 1.807) is 71.0 Å². The van der Waals surface area contributed by atoms with Gasteiger partial charge in [0.05, 0.1) is 28.4 Å². The predicted molar refractivity (Wildman–Crippen MR) is 171 cm³/mol. The van der Waals surface area contributed by atoms with E-state index in [0.29, 0.717) is 42.0 Å². The molecule has 238 valence electrons. The Kier molecular flexibility index (Phi) is 12.0. The molecule has 0 fully saturated rings. The molecule has 0 saturated carbocycles. The summed E-state index contributed by atoms with van der Waals surface area (Å²) < 4.78 is 18.8. The molecule has 0 atom stereocenters. The van der Waals surface area contributed by atoms with E-state index in [-0.39, 0.29) is 36.8 Å². The van der Waals surface area contributed by atoms with Crippen molar-refractivity contribution in [3.63, 3.8) is 0 Å². The maximum Gasteiger partial charge on any atom is 0.407 e. The van der Waals surface area contributed by atoms with Crippen molar-refractivity contribution in [3.05, 3.63) is 83.2 Å². The van der Waals surface area contributed by atoms with Crippen LogP contribution in [0.2, 0.25) is 0 Å². The van der Waals surface area contributed by atoms with Crippen LogP contribution in [-0.2, 0) is 16.0 Å². The number of hydrogen-bond acceptors (Lipinski definition) is 7. The molecule has 4 N–H and O–H groups in total. The van der Waals surface area contributed by atoms with Crippen LogP contribution < -0.4 is 21.3 Å². The molecule has 0 spiro atoms. The summed E-state index contributed by atoms with van der Waals surface area (Å²) in [4.78, 5) is 42.4. The van der Waals surface area contributed by atoms with Gasteiger partial charge in [0.15, 0.2) is 0 Å². The highest BCUT2D eigenvalue weighted by molar-refractivity contribution is 5.99. The number of alkyl carbamates (subject to hydrolysis) is 1. The number of benzene rings is 2. The number of ether oxygens (including phenoxy) is 1. The Morgan fingerprint density at radius 1 is 0.956 bits per heavy atom. The molecule has 0 aliphatic rings. The first kappa shape index (κ1) is 34.5. The lowest BCUT2D eigenvalue weighted by Gasteiger charge is -2.27. The Morgan fingerprint density at radius 2 is 1.71 bits per heavy atom. The van der Waals surface area contributed by atoms with Gasteiger partial charge in [0.2, 0.25) is 5.91 Å². The number of carbonyl (C=O) groups excluding carboxylic acids is 3. The van der Waals surface area contributed by atoms with Crippen LogP contribution in [0.15, 0.2) is 60.7 Å². The van der Waals surface area contributed by atoms with E-state index in [2.05, 4.69) is 32.3 Å². The second-order valence-corrected chi connectivity index (χ2v) is 12.2. The van der Waals surface area contributed by atoms with Crippen LogP contribution in [0, 0.1) is 17.1 Å². The average Bonchev–Trinajstić information content (AvgIpc) is 2.97. The van der Waals surface area contributed by atoms with E-state index >= 15 is 0 Å². The third kappa shape index (κ3) is 11.6. The minimum absolute atomic E-state index is 0.134. The number of carbonyl (C=O) groups is 3. The van der Waals surface area contributed by atoms with Gasteiger partial charge in [-0.25, -0.2) is 14.2 Å². The monoisotopic (exact) mass is 616 g/mol. The molecule has 45 heavy (non-hydrogen) atoms. The van der Waals surface area contributed by atoms with Gasteiger partial charge in [-0.3, -0.25) is 9.59 Å². The predicted octanol–water partition coefficient (Wildman–Crippen LogP) is 5.34. The maximum atomic E-state index is 13.7. The van der Waals surface area contributed by atoms with Crippen molar-refractivity contribution in [2.75, 3.05) is 25.0 Å². The number of rotatable bonds is 13. The van der Waals surface area contributed by atoms with Crippen molar-refractivity contribution in [2.24, 2.45) is 0 Å². The topological polar surface area (TPSA) is 145 Å². The molecular weight excluding hydrogens is 575 g/mol. The highest BCUT2D eigenvalue weighted by Crippen LogP contribution is 2.25. The van der Waals surface area contributed by atoms with Crippen LogP contribution in [0.4, 0.5) is 15.0 Å². The molecule has 11 heteroatoms. The summed E-state index contributed by atoms with van der Waals surface area (Å²) in [5.41, 5.74) is 1.30. The number of pyridine rings is 1. The van der Waals surface area contributed by atoms with E-state index in [0.717, 1.165) is 5.56 Å². The molecule has 0 bridgehead atoms. The van der Waals surface area contributed by atoms with Gasteiger partial charge in [0.1, 0.15) is 17.2 Å². The van der Waals surface area contributed by atoms with E-state index in [9.17, 15) is 24.0 Å². The number of anilines is 1. The fraction of sp³-hybridized carbons (Fsp3) is 0.382. The Hall–Kier alpha value is -4.98. The molecule has 3 amide bonds. The molecule has 0 radical (unpaired) electrons. The van der Waals surface area contributed by atoms with Crippen LogP contribution in [0.25, 0.3) is 11.3 Å². The lowest BCUT2D eigenvalue weighted by molar-refractivity contribution is -0.122. The summed E-state index contributed by atoms with van der Waals surface area (Å²) in [6.45, 7) is 9.71. The summed E-state index contributed by atoms with van der Waals surface area (Å²) in [5.74, 6) is -0.636. The first-order chi connectivity index (χ1) is 21.3. The van der Waals surface area contributed by atoms with Crippen molar-refractivity contribution in [3.8, 4) is 17.3 Å². The van der Waals surface area contributed by atoms with E-state index in [1.807, 2.05) is 12.1 Å². The molecule has 2 aromatic carbocycles. The molecule has 0 aliphatic carbocycles. The largest absolute Gasteiger partial charge is 0.444 e. The van der Waals surface area contributed by atoms with Crippen molar-refractivity contribution in [1.82, 2.24) is 20.9 Å². The first-order valence-electron chi connectivity index (χ1n) is 14.8. The van der Waals surface area contributed by atoms with Gasteiger partial charge < -0.3 is 26.0 Å². The van der Waals surface area contributed by atoms with Gasteiger partial charge in [0.25, 0.3) is 5.91 Å². The highest BCUT2D eigenvalue weighted by atomic mass is 19.1. The van der Waals surface area contributed by atoms with Crippen LogP contribution >= 0.6 is 0 Å². The van der Waals surface area contributed by atoms with Crippen molar-refractivity contribution < 1.29 is 23.5 Å². The molecule has 3 rings (SSSR count). The highest BCUT2D eigenvalue weighted by Gasteiger charge is 2.23. The van der Waals surface area contributed by atoms with Crippen LogP contribution in [0.1, 0.15) is 68.9 Å². The molecule has 0 unspecified atom stereocenters. The summed E-state index contributed by atoms with van der Waals surface area (Å²) >= 11 is 0. The molecular formula is C34H41FN6O4. The van der Waals surface area contributed by atoms with Gasteiger partial charge in [-0.1, -0.05) is 30.3 Å². The van der Waals surface area contributed by atoms with Crippen molar-refractivity contribution in [1.29, 1.82) is 5.26 Å². The van der Waals surface area contributed by atoms with E-state index < -0.39 is 23.1 Å². The molecule has 0 aliphatic heterocycles. The minimum atomic E-state index is -0.768. The second-order valence-electron chi connectivity index (χ2n) is 12.2. The zero-order valence-electron chi connectivity index (χ0n) is 26.4. The van der Waals surface area contributed by atoms with E-state index in [4.69, 9.17) is 4.74 Å². The summed E-state index contributed by atoms with van der Waals surface area (Å²) in [7, 11) is 0. The lowest BCUT2D eigenvalue weighted by atomic mass is 10.0. The standard InChI is InChI=1S/C34H41FN6O4/c1-33(2,3)45-32(44)38-18-9-14-29(42)41-34(4,5)22-39-31(43)27-15-16-28(26-13-7-6-11-24(26)21-36)40-30(27)37-19-17-23-10-8-12-25(35)20-23/h6-8,10-13,15-16,20H,9,14,17-19,22H2,1-5H3,(H,37,40)(H,38,44)(H,39,43)(H,41,42). The average molecular weight is 617 g/mol. The normalized spacial score (nSPS) is 11.2. The number of aromatic nitrogens is 1. The Labute approximate surface area is 263 Å². The second kappa shape index (κ2) is 15.7. The minimum Gasteiger partial charge on any atom is -0.444 e. The van der Waals surface area contributed by atoms with Gasteiger partial charge >= 0.3 is 6.09 Å². The molecule has 3 aromatic rings. The fourth-order valence-electron chi connectivity index (χ4n) is 4.38. The quantitative estimate of drug-likeness (QED) is 0.190. The van der Waals surface area contributed by atoms with Crippen molar-refractivity contribution >= 4 is 23.7 Å². The fourth-order valence-corrected chi connectivity index (χ4v) is 4.38. The maximum absolute atomic E-state index is 13.7. The van der Waals surface area contributed by atoms with Gasteiger partial charge in [-0.05, 0) is 83.4 Å². The Balaban J connectivity index is 1.64. The van der Waals surface area contributed by atoms with Gasteiger partial charge in [0, 0.05) is 31.6 Å². The number of nitriles is 1. The third-order valence-electron chi connectivity index (χ3n) is 6.48. The molecule has 10 nitrogen and oxygen atoms in total. The van der Waals surface area contributed by atoms with Crippen LogP contribution in [0.3, 0.4) is 0 Å². The summed E-state index contributed by atoms with van der Waals surface area (Å²) in [5, 5.41) is 21.2. The number of nitrogens with zero attached hydrogens (tertiary/aromatic N) is 2. The van der Waals surface area contributed by atoms with E-state index in [1.165, 1.54) is 12.1 Å². The number of hydrogen-bond donors (Lipinski definition) is 4. The van der Waals surface area contributed by atoms with Gasteiger partial charge in [-0.15, -0.1) is 0 Å². The smallest absolute Gasteiger partial charge is 0.407 e. The Bertz CT molecular complexity index is 1540.